The molecule has 1 amide bonds. The smallest absolute Gasteiger partial charge is 0.257 e. The Morgan fingerprint density at radius 2 is 1.56 bits per heavy atom. The van der Waals surface area contributed by atoms with E-state index >= 15 is 0 Å². The summed E-state index contributed by atoms with van der Waals surface area (Å²) in [4.78, 5) is 12.0. The van der Waals surface area contributed by atoms with E-state index in [4.69, 9.17) is 18.9 Å². The molecule has 0 radical (unpaired) electrons. The van der Waals surface area contributed by atoms with Crippen LogP contribution in [0.4, 0.5) is 0 Å². The first-order valence-electron chi connectivity index (χ1n) is 8.91. The van der Waals surface area contributed by atoms with E-state index in [0.717, 1.165) is 16.9 Å². The van der Waals surface area contributed by atoms with Gasteiger partial charge in [-0.2, -0.15) is 0 Å². The van der Waals surface area contributed by atoms with Crippen molar-refractivity contribution in [2.45, 2.75) is 20.3 Å². The van der Waals surface area contributed by atoms with Crippen LogP contribution in [0.5, 0.6) is 23.0 Å². The molecule has 0 fully saturated rings. The third-order valence-corrected chi connectivity index (χ3v) is 4.06. The summed E-state index contributed by atoms with van der Waals surface area (Å²) in [5.74, 6) is 2.63. The highest BCUT2D eigenvalue weighted by atomic mass is 16.5. The minimum atomic E-state index is -0.165. The normalized spacial score (nSPS) is 10.2. The van der Waals surface area contributed by atoms with Crippen LogP contribution in [0.2, 0.25) is 0 Å². The van der Waals surface area contributed by atoms with Crippen LogP contribution < -0.4 is 24.3 Å². The average molecular weight is 373 g/mol. The highest BCUT2D eigenvalue weighted by molar-refractivity contribution is 5.77. The van der Waals surface area contributed by atoms with Gasteiger partial charge in [0, 0.05) is 6.54 Å². The Morgan fingerprint density at radius 1 is 0.963 bits per heavy atom. The molecule has 0 saturated carbocycles. The van der Waals surface area contributed by atoms with E-state index in [1.807, 2.05) is 38.1 Å². The number of carbonyl (C=O) groups is 1. The maximum atomic E-state index is 12.0. The van der Waals surface area contributed by atoms with E-state index in [0.29, 0.717) is 36.8 Å². The van der Waals surface area contributed by atoms with Gasteiger partial charge in [0.15, 0.2) is 18.1 Å². The topological polar surface area (TPSA) is 66.0 Å². The fourth-order valence-electron chi connectivity index (χ4n) is 2.63. The Bertz CT molecular complexity index is 743. The number of rotatable bonds is 10. The molecule has 0 saturated heterocycles. The fourth-order valence-corrected chi connectivity index (χ4v) is 2.63. The molecule has 1 N–H and O–H groups in total. The Kier molecular flexibility index (Phi) is 7.79. The van der Waals surface area contributed by atoms with Crippen LogP contribution in [0.3, 0.4) is 0 Å². The summed E-state index contributed by atoms with van der Waals surface area (Å²) < 4.78 is 21.5. The highest BCUT2D eigenvalue weighted by Crippen LogP contribution is 2.30. The van der Waals surface area contributed by atoms with Crippen LogP contribution >= 0.6 is 0 Å². The first kappa shape index (κ1) is 20.4. The third kappa shape index (κ3) is 6.09. The summed E-state index contributed by atoms with van der Waals surface area (Å²) in [6.07, 6.45) is 0.695. The number of carbonyl (C=O) groups excluding carboxylic acids is 1. The van der Waals surface area contributed by atoms with E-state index in [9.17, 15) is 4.79 Å². The SMILES string of the molecule is CCOc1ccc(OCC(=O)NCCc2cc(OC)c(OC)cc2C)cc1. The first-order valence-corrected chi connectivity index (χ1v) is 8.91. The van der Waals surface area contributed by atoms with Crippen LogP contribution in [0.1, 0.15) is 18.1 Å². The van der Waals surface area contributed by atoms with E-state index in [1.54, 1.807) is 26.4 Å². The van der Waals surface area contributed by atoms with E-state index < -0.39 is 0 Å². The zero-order chi connectivity index (χ0) is 19.6. The molecule has 27 heavy (non-hydrogen) atoms. The van der Waals surface area contributed by atoms with Gasteiger partial charge in [0.25, 0.3) is 5.91 Å². The predicted octanol–water partition coefficient (Wildman–Crippen LogP) is 3.15. The molecule has 0 unspecified atom stereocenters. The molecule has 2 rings (SSSR count). The van der Waals surface area contributed by atoms with Gasteiger partial charge in [-0.05, 0) is 67.8 Å². The van der Waals surface area contributed by atoms with Gasteiger partial charge in [0.1, 0.15) is 11.5 Å². The van der Waals surface area contributed by atoms with Crippen molar-refractivity contribution < 1.29 is 23.7 Å². The van der Waals surface area contributed by atoms with Crippen molar-refractivity contribution in [1.82, 2.24) is 5.32 Å². The second-order valence-corrected chi connectivity index (χ2v) is 5.93. The monoisotopic (exact) mass is 373 g/mol. The standard InChI is InChI=1S/C21H27NO5/c1-5-26-17-6-8-18(9-7-17)27-14-21(23)22-11-10-16-13-20(25-4)19(24-3)12-15(16)2/h6-9,12-13H,5,10-11,14H2,1-4H3,(H,22,23). The number of methoxy groups -OCH3 is 2. The van der Waals surface area contributed by atoms with Crippen LogP contribution in [-0.4, -0.2) is 39.9 Å². The van der Waals surface area contributed by atoms with Gasteiger partial charge in [-0.15, -0.1) is 0 Å². The average Bonchev–Trinajstić information content (AvgIpc) is 2.68. The van der Waals surface area contributed by atoms with Crippen molar-refractivity contribution >= 4 is 5.91 Å². The molecule has 2 aromatic carbocycles. The van der Waals surface area contributed by atoms with Crippen molar-refractivity contribution in [1.29, 1.82) is 0 Å². The number of hydrogen-bond donors (Lipinski definition) is 1. The Morgan fingerprint density at radius 3 is 2.15 bits per heavy atom. The molecule has 0 aliphatic heterocycles. The largest absolute Gasteiger partial charge is 0.494 e. The van der Waals surface area contributed by atoms with E-state index in [-0.39, 0.29) is 12.5 Å². The molecule has 0 atom stereocenters. The summed E-state index contributed by atoms with van der Waals surface area (Å²) in [7, 11) is 3.22. The maximum Gasteiger partial charge on any atom is 0.257 e. The predicted molar refractivity (Wildman–Crippen MR) is 104 cm³/mol. The van der Waals surface area contributed by atoms with Crippen molar-refractivity contribution in [2.24, 2.45) is 0 Å². The Balaban J connectivity index is 1.79. The first-order chi connectivity index (χ1) is 13.1. The van der Waals surface area contributed by atoms with Gasteiger partial charge in [-0.1, -0.05) is 0 Å². The summed E-state index contributed by atoms with van der Waals surface area (Å²) in [6, 6.07) is 11.1. The van der Waals surface area contributed by atoms with Gasteiger partial charge in [-0.25, -0.2) is 0 Å². The lowest BCUT2D eigenvalue weighted by Crippen LogP contribution is -2.30. The molecule has 0 spiro atoms. The van der Waals surface area contributed by atoms with Crippen molar-refractivity contribution in [3.8, 4) is 23.0 Å². The van der Waals surface area contributed by atoms with Crippen molar-refractivity contribution in [3.63, 3.8) is 0 Å². The Labute approximate surface area is 160 Å². The van der Waals surface area contributed by atoms with Gasteiger partial charge in [-0.3, -0.25) is 4.79 Å². The van der Waals surface area contributed by atoms with Crippen LogP contribution in [-0.2, 0) is 11.2 Å². The maximum absolute atomic E-state index is 12.0. The fraction of sp³-hybridized carbons (Fsp3) is 0.381. The second-order valence-electron chi connectivity index (χ2n) is 5.93. The molecule has 0 aliphatic rings. The number of ether oxygens (including phenoxy) is 4. The molecular formula is C21H27NO5. The van der Waals surface area contributed by atoms with E-state index in [2.05, 4.69) is 5.32 Å². The van der Waals surface area contributed by atoms with Crippen LogP contribution in [0.25, 0.3) is 0 Å². The quantitative estimate of drug-likeness (QED) is 0.693. The summed E-state index contributed by atoms with van der Waals surface area (Å²) in [6.45, 7) is 5.04. The number of amides is 1. The molecule has 6 nitrogen and oxygen atoms in total. The molecule has 0 aromatic heterocycles. The number of nitrogens with one attached hydrogen (secondary N) is 1. The zero-order valence-electron chi connectivity index (χ0n) is 16.3. The number of hydrogen-bond acceptors (Lipinski definition) is 5. The molecule has 146 valence electrons. The van der Waals surface area contributed by atoms with Crippen LogP contribution in [0.15, 0.2) is 36.4 Å². The number of benzene rings is 2. The number of aryl methyl sites for hydroxylation is 1. The van der Waals surface area contributed by atoms with Gasteiger partial charge < -0.3 is 24.3 Å². The molecule has 0 bridgehead atoms. The molecule has 0 heterocycles. The van der Waals surface area contributed by atoms with E-state index in [1.165, 1.54) is 0 Å². The summed E-state index contributed by atoms with van der Waals surface area (Å²) in [5.41, 5.74) is 2.19. The van der Waals surface area contributed by atoms with Gasteiger partial charge in [0.2, 0.25) is 0 Å². The molecule has 6 heteroatoms. The van der Waals surface area contributed by atoms with Crippen molar-refractivity contribution in [3.05, 3.63) is 47.5 Å². The highest BCUT2D eigenvalue weighted by Gasteiger charge is 2.09. The lowest BCUT2D eigenvalue weighted by Gasteiger charge is -2.13. The third-order valence-electron chi connectivity index (χ3n) is 4.06. The van der Waals surface area contributed by atoms with Gasteiger partial charge in [0.05, 0.1) is 20.8 Å². The lowest BCUT2D eigenvalue weighted by atomic mass is 10.0. The zero-order valence-corrected chi connectivity index (χ0v) is 16.3. The minimum Gasteiger partial charge on any atom is -0.494 e. The van der Waals surface area contributed by atoms with Gasteiger partial charge >= 0.3 is 0 Å². The van der Waals surface area contributed by atoms with Crippen LogP contribution in [0, 0.1) is 6.92 Å². The minimum absolute atomic E-state index is 0.0289. The lowest BCUT2D eigenvalue weighted by molar-refractivity contribution is -0.123. The Hall–Kier alpha value is -2.89. The summed E-state index contributed by atoms with van der Waals surface area (Å²) in [5, 5.41) is 2.87. The molecule has 0 aliphatic carbocycles. The molecule has 2 aromatic rings. The summed E-state index contributed by atoms with van der Waals surface area (Å²) >= 11 is 0. The molecular weight excluding hydrogens is 346 g/mol. The van der Waals surface area contributed by atoms with Crippen molar-refractivity contribution in [2.75, 3.05) is 34.0 Å². The second kappa shape index (κ2) is 10.3.